The summed E-state index contributed by atoms with van der Waals surface area (Å²) in [5.74, 6) is -0.120. The first-order chi connectivity index (χ1) is 13.4. The van der Waals surface area contributed by atoms with Gasteiger partial charge in [0, 0.05) is 11.1 Å². The molecule has 0 radical (unpaired) electrons. The Hall–Kier alpha value is -3.09. The first-order valence-electron chi connectivity index (χ1n) is 8.97. The van der Waals surface area contributed by atoms with Crippen molar-refractivity contribution in [1.29, 1.82) is 0 Å². The van der Waals surface area contributed by atoms with Crippen LogP contribution in [0.5, 0.6) is 11.5 Å². The molecule has 0 unspecified atom stereocenters. The van der Waals surface area contributed by atoms with Crippen molar-refractivity contribution in [2.45, 2.75) is 27.7 Å². The maximum Gasteiger partial charge on any atom is 0.340 e. The number of nitrogens with zero attached hydrogens (tertiary/aromatic N) is 1. The van der Waals surface area contributed by atoms with Crippen LogP contribution in [-0.2, 0) is 9.47 Å². The number of esters is 2. The van der Waals surface area contributed by atoms with Crippen LogP contribution in [0.2, 0.25) is 0 Å². The number of carbonyl (C=O) groups excluding carboxylic acids is 2. The molecule has 0 spiro atoms. The first kappa shape index (κ1) is 21.2. The van der Waals surface area contributed by atoms with Crippen LogP contribution in [0, 0.1) is 13.8 Å². The van der Waals surface area contributed by atoms with Gasteiger partial charge in [0.15, 0.2) is 0 Å². The molecule has 0 aliphatic heterocycles. The number of methoxy groups -OCH3 is 2. The molecule has 0 atom stereocenters. The average molecular weight is 387 g/mol. The summed E-state index contributed by atoms with van der Waals surface area (Å²) >= 11 is 0. The van der Waals surface area contributed by atoms with E-state index >= 15 is 0 Å². The number of benzene rings is 1. The van der Waals surface area contributed by atoms with Gasteiger partial charge in [-0.1, -0.05) is 0 Å². The van der Waals surface area contributed by atoms with E-state index in [9.17, 15) is 9.59 Å². The summed E-state index contributed by atoms with van der Waals surface area (Å²) in [6, 6.07) is 5.15. The van der Waals surface area contributed by atoms with Crippen molar-refractivity contribution in [3.63, 3.8) is 0 Å². The van der Waals surface area contributed by atoms with Crippen LogP contribution in [0.25, 0.3) is 11.1 Å². The van der Waals surface area contributed by atoms with Crippen molar-refractivity contribution in [1.82, 2.24) is 4.98 Å². The van der Waals surface area contributed by atoms with Gasteiger partial charge in [-0.05, 0) is 45.9 Å². The average Bonchev–Trinajstić information content (AvgIpc) is 2.66. The number of hydrogen-bond donors (Lipinski definition) is 0. The van der Waals surface area contributed by atoms with Gasteiger partial charge in [-0.15, -0.1) is 0 Å². The molecule has 0 aliphatic carbocycles. The van der Waals surface area contributed by atoms with E-state index in [1.54, 1.807) is 45.9 Å². The Bertz CT molecular complexity index is 849. The molecule has 0 aliphatic rings. The topological polar surface area (TPSA) is 84.0 Å². The second-order valence-corrected chi connectivity index (χ2v) is 5.91. The molecule has 0 fully saturated rings. The van der Waals surface area contributed by atoms with Crippen LogP contribution in [0.15, 0.2) is 18.2 Å². The second-order valence-electron chi connectivity index (χ2n) is 5.91. The minimum absolute atomic E-state index is 0.190. The highest BCUT2D eigenvalue weighted by Gasteiger charge is 2.29. The quantitative estimate of drug-likeness (QED) is 0.669. The van der Waals surface area contributed by atoms with E-state index in [2.05, 4.69) is 4.98 Å². The predicted molar refractivity (Wildman–Crippen MR) is 104 cm³/mol. The van der Waals surface area contributed by atoms with Crippen LogP contribution in [0.4, 0.5) is 0 Å². The maximum atomic E-state index is 12.8. The van der Waals surface area contributed by atoms with E-state index in [0.717, 1.165) is 0 Å². The molecule has 0 saturated heterocycles. The Morgan fingerprint density at radius 3 is 1.86 bits per heavy atom. The molecule has 2 rings (SSSR count). The van der Waals surface area contributed by atoms with Crippen LogP contribution < -0.4 is 9.47 Å². The lowest BCUT2D eigenvalue weighted by atomic mass is 9.91. The molecule has 1 heterocycles. The smallest absolute Gasteiger partial charge is 0.340 e. The molecule has 0 N–H and O–H groups in total. The lowest BCUT2D eigenvalue weighted by Gasteiger charge is -2.19. The Kier molecular flexibility index (Phi) is 6.98. The number of pyridine rings is 1. The van der Waals surface area contributed by atoms with Gasteiger partial charge in [0.25, 0.3) is 0 Å². The maximum absolute atomic E-state index is 12.8. The zero-order valence-corrected chi connectivity index (χ0v) is 17.0. The zero-order chi connectivity index (χ0) is 20.8. The van der Waals surface area contributed by atoms with E-state index in [-0.39, 0.29) is 24.3 Å². The Labute approximate surface area is 164 Å². The highest BCUT2D eigenvalue weighted by Crippen LogP contribution is 2.39. The standard InChI is InChI=1S/C21H25NO6/c1-7-27-20(23)17-12(3)22-13(4)18(21(24)28-8-2)19(17)15-11-14(25-5)9-10-16(15)26-6/h9-11H,7-8H2,1-6H3. The predicted octanol–water partition coefficient (Wildman–Crippen LogP) is 3.74. The molecule has 1 aromatic heterocycles. The molecule has 1 aromatic carbocycles. The van der Waals surface area contributed by atoms with Gasteiger partial charge in [-0.3, -0.25) is 4.98 Å². The fourth-order valence-electron chi connectivity index (χ4n) is 3.03. The fourth-order valence-corrected chi connectivity index (χ4v) is 3.03. The van der Waals surface area contributed by atoms with Crippen molar-refractivity contribution < 1.29 is 28.5 Å². The van der Waals surface area contributed by atoms with E-state index in [1.807, 2.05) is 0 Å². The number of carbonyl (C=O) groups is 2. The summed E-state index contributed by atoms with van der Waals surface area (Å²) in [5.41, 5.74) is 2.16. The third-order valence-electron chi connectivity index (χ3n) is 4.19. The number of aromatic nitrogens is 1. The summed E-state index contributed by atoms with van der Waals surface area (Å²) in [5, 5.41) is 0. The summed E-state index contributed by atoms with van der Waals surface area (Å²) in [7, 11) is 3.05. The number of aryl methyl sites for hydroxylation is 2. The molecule has 150 valence electrons. The number of rotatable bonds is 7. The van der Waals surface area contributed by atoms with Gasteiger partial charge in [-0.25, -0.2) is 9.59 Å². The Morgan fingerprint density at radius 2 is 1.43 bits per heavy atom. The van der Waals surface area contributed by atoms with Crippen LogP contribution in [0.1, 0.15) is 46.0 Å². The SMILES string of the molecule is CCOC(=O)c1c(C)nc(C)c(C(=O)OCC)c1-c1cc(OC)ccc1OC. The largest absolute Gasteiger partial charge is 0.497 e. The minimum Gasteiger partial charge on any atom is -0.497 e. The zero-order valence-electron chi connectivity index (χ0n) is 17.0. The third kappa shape index (κ3) is 4.08. The highest BCUT2D eigenvalue weighted by molar-refractivity contribution is 6.08. The molecule has 0 saturated carbocycles. The summed E-state index contributed by atoms with van der Waals surface area (Å²) in [6.45, 7) is 7.21. The first-order valence-corrected chi connectivity index (χ1v) is 8.97. The molecule has 7 heteroatoms. The molecule has 2 aromatic rings. The Balaban J connectivity index is 2.96. The van der Waals surface area contributed by atoms with Crippen LogP contribution in [0.3, 0.4) is 0 Å². The highest BCUT2D eigenvalue weighted by atomic mass is 16.5. The van der Waals surface area contributed by atoms with Crippen LogP contribution >= 0.6 is 0 Å². The van der Waals surface area contributed by atoms with Gasteiger partial charge in [0.2, 0.25) is 0 Å². The molecule has 7 nitrogen and oxygen atoms in total. The second kappa shape index (κ2) is 9.21. The summed E-state index contributed by atoms with van der Waals surface area (Å²) < 4.78 is 21.3. The van der Waals surface area contributed by atoms with E-state index in [0.29, 0.717) is 34.0 Å². The Morgan fingerprint density at radius 1 is 0.893 bits per heavy atom. The molecular weight excluding hydrogens is 362 g/mol. The van der Waals surface area contributed by atoms with Crippen molar-refractivity contribution >= 4 is 11.9 Å². The van der Waals surface area contributed by atoms with E-state index in [1.165, 1.54) is 14.2 Å². The number of hydrogen-bond acceptors (Lipinski definition) is 7. The van der Waals surface area contributed by atoms with Gasteiger partial charge in [0.05, 0.1) is 49.9 Å². The van der Waals surface area contributed by atoms with Gasteiger partial charge in [-0.2, -0.15) is 0 Å². The minimum atomic E-state index is -0.571. The summed E-state index contributed by atoms with van der Waals surface area (Å²) in [4.78, 5) is 29.9. The van der Waals surface area contributed by atoms with Crippen molar-refractivity contribution in [2.75, 3.05) is 27.4 Å². The van der Waals surface area contributed by atoms with Gasteiger partial charge in [0.1, 0.15) is 11.5 Å². The molecule has 0 amide bonds. The lowest BCUT2D eigenvalue weighted by Crippen LogP contribution is -2.17. The lowest BCUT2D eigenvalue weighted by molar-refractivity contribution is 0.0525. The van der Waals surface area contributed by atoms with Crippen molar-refractivity contribution in [2.24, 2.45) is 0 Å². The molecular formula is C21H25NO6. The molecule has 0 bridgehead atoms. The summed E-state index contributed by atoms with van der Waals surface area (Å²) in [6.07, 6.45) is 0. The monoisotopic (exact) mass is 387 g/mol. The van der Waals surface area contributed by atoms with E-state index < -0.39 is 11.9 Å². The number of ether oxygens (including phenoxy) is 4. The fraction of sp³-hybridized carbons (Fsp3) is 0.381. The van der Waals surface area contributed by atoms with Crippen LogP contribution in [-0.4, -0.2) is 44.4 Å². The third-order valence-corrected chi connectivity index (χ3v) is 4.19. The van der Waals surface area contributed by atoms with Gasteiger partial charge < -0.3 is 18.9 Å². The van der Waals surface area contributed by atoms with Crippen molar-refractivity contribution in [3.8, 4) is 22.6 Å². The normalized spacial score (nSPS) is 10.4. The van der Waals surface area contributed by atoms with Crippen molar-refractivity contribution in [3.05, 3.63) is 40.7 Å². The molecule has 28 heavy (non-hydrogen) atoms. The van der Waals surface area contributed by atoms with E-state index in [4.69, 9.17) is 18.9 Å². The van der Waals surface area contributed by atoms with Gasteiger partial charge >= 0.3 is 11.9 Å².